The van der Waals surface area contributed by atoms with Gasteiger partial charge in [-0.15, -0.1) is 0 Å². The lowest BCUT2D eigenvalue weighted by Gasteiger charge is -2.64. The number of aliphatic hydroxyl groups is 1. The summed E-state index contributed by atoms with van der Waals surface area (Å²) in [5, 5.41) is 12.1. The molecule has 4 aliphatic rings. The first kappa shape index (κ1) is 19.4. The highest BCUT2D eigenvalue weighted by Crippen LogP contribution is 2.64. The van der Waals surface area contributed by atoms with Crippen LogP contribution in [-0.4, -0.2) is 59.2 Å². The molecule has 2 aliphatic carbocycles. The molecule has 28 heavy (non-hydrogen) atoms. The van der Waals surface area contributed by atoms with Crippen LogP contribution >= 0.6 is 0 Å². The number of amides is 1. The second-order valence-corrected chi connectivity index (χ2v) is 8.84. The monoisotopic (exact) mass is 404 g/mol. The molecule has 2 bridgehead atoms. The average molecular weight is 405 g/mol. The number of piperidine rings is 1. The number of Topliss-reactive ketones (excluding diaryl/α,β-unsaturated/α-hetero) is 1. The summed E-state index contributed by atoms with van der Waals surface area (Å²) in [5.74, 6) is -0.126. The van der Waals surface area contributed by atoms with E-state index in [-0.39, 0.29) is 24.2 Å². The molecule has 5 atom stereocenters. The van der Waals surface area contributed by atoms with E-state index in [1.807, 2.05) is 12.1 Å². The molecule has 1 spiro atoms. The van der Waals surface area contributed by atoms with E-state index in [1.54, 1.807) is 6.07 Å². The van der Waals surface area contributed by atoms with Gasteiger partial charge >= 0.3 is 0 Å². The quantitative estimate of drug-likeness (QED) is 0.444. The molecule has 7 heteroatoms. The van der Waals surface area contributed by atoms with Crippen LogP contribution in [0.25, 0.3) is 0 Å². The normalized spacial score (nSPS) is 39.4. The third-order valence-electron chi connectivity index (χ3n) is 7.74. The number of hydrogen-bond acceptors (Lipinski definition) is 4. The minimum absolute atomic E-state index is 0. The van der Waals surface area contributed by atoms with E-state index in [9.17, 15) is 14.7 Å². The number of benzene rings is 1. The fourth-order valence-electron chi connectivity index (χ4n) is 6.55. The number of carbonyl (C=O) groups is 2. The highest BCUT2D eigenvalue weighted by atomic mass is 35.5. The van der Waals surface area contributed by atoms with Crippen molar-refractivity contribution < 1.29 is 36.3 Å². The van der Waals surface area contributed by atoms with Crippen LogP contribution in [0.5, 0.6) is 5.75 Å². The van der Waals surface area contributed by atoms with Gasteiger partial charge in [0.05, 0.1) is 31.1 Å². The molecule has 0 aromatic heterocycles. The van der Waals surface area contributed by atoms with Crippen molar-refractivity contribution in [2.45, 2.75) is 48.8 Å². The summed E-state index contributed by atoms with van der Waals surface area (Å²) in [7, 11) is 2.17. The van der Waals surface area contributed by atoms with Crippen molar-refractivity contribution in [1.82, 2.24) is 0 Å². The maximum Gasteiger partial charge on any atom is 0.252 e. The number of hydrogen-bond donors (Lipinski definition) is 2. The molecular formula is C21H25ClN2O4. The van der Waals surface area contributed by atoms with Crippen LogP contribution < -0.4 is 22.9 Å². The standard InChI is InChI=1S/C21H24N2O4.ClH/c1-3-9-23(2)10-8-20-16-12-4-5-13(19(22)25)17(16)27-18(20)14(24)6-7-21(20,26)15(23)11-12;/h3-5,15,18,26H,1,6-11H2,2H3,(H-,22,25);1H/t15?,18?,20?,21-,23-;/m1./s1. The van der Waals surface area contributed by atoms with E-state index >= 15 is 0 Å². The smallest absolute Gasteiger partial charge is 0.252 e. The van der Waals surface area contributed by atoms with E-state index in [4.69, 9.17) is 10.5 Å². The molecule has 2 fully saturated rings. The Morgan fingerprint density at radius 2 is 2.21 bits per heavy atom. The lowest BCUT2D eigenvalue weighted by Crippen LogP contribution is -3.00. The first-order valence-electron chi connectivity index (χ1n) is 9.61. The second-order valence-electron chi connectivity index (χ2n) is 8.84. The van der Waals surface area contributed by atoms with Crippen molar-refractivity contribution in [1.29, 1.82) is 0 Å². The third-order valence-corrected chi connectivity index (χ3v) is 7.74. The first-order chi connectivity index (χ1) is 12.8. The zero-order valence-corrected chi connectivity index (χ0v) is 16.7. The Morgan fingerprint density at radius 1 is 1.46 bits per heavy atom. The Morgan fingerprint density at radius 3 is 2.89 bits per heavy atom. The molecule has 2 heterocycles. The van der Waals surface area contributed by atoms with Crippen molar-refractivity contribution in [2.24, 2.45) is 5.73 Å². The van der Waals surface area contributed by atoms with E-state index in [2.05, 4.69) is 13.6 Å². The van der Waals surface area contributed by atoms with Gasteiger partial charge in [0.1, 0.15) is 17.4 Å². The van der Waals surface area contributed by atoms with Gasteiger partial charge in [0.2, 0.25) is 0 Å². The summed E-state index contributed by atoms with van der Waals surface area (Å²) >= 11 is 0. The van der Waals surface area contributed by atoms with E-state index < -0.39 is 23.0 Å². The molecule has 2 aliphatic heterocycles. The predicted octanol–water partition coefficient (Wildman–Crippen LogP) is -2.16. The number of carbonyl (C=O) groups excluding carboxylic acids is 2. The molecule has 6 nitrogen and oxygen atoms in total. The van der Waals surface area contributed by atoms with Gasteiger partial charge in [-0.2, -0.15) is 0 Å². The van der Waals surface area contributed by atoms with Crippen molar-refractivity contribution in [2.75, 3.05) is 20.1 Å². The van der Waals surface area contributed by atoms with Gasteiger partial charge < -0.3 is 32.5 Å². The van der Waals surface area contributed by atoms with Crippen LogP contribution in [0, 0.1) is 0 Å². The maximum atomic E-state index is 12.9. The maximum absolute atomic E-state index is 12.9. The zero-order chi connectivity index (χ0) is 19.2. The highest BCUT2D eigenvalue weighted by Gasteiger charge is 2.76. The molecule has 0 radical (unpaired) electrons. The summed E-state index contributed by atoms with van der Waals surface area (Å²) in [6.07, 6.45) is 3.24. The molecule has 1 saturated carbocycles. The number of likely N-dealkylation sites (tertiary alicyclic amines) is 1. The Kier molecular flexibility index (Phi) is 4.03. The fourth-order valence-corrected chi connectivity index (χ4v) is 6.55. The van der Waals surface area contributed by atoms with Gasteiger partial charge in [-0.3, -0.25) is 9.59 Å². The number of nitrogens with two attached hydrogens (primary N) is 1. The minimum atomic E-state index is -1.05. The van der Waals surface area contributed by atoms with Crippen LogP contribution in [0.4, 0.5) is 0 Å². The molecule has 1 saturated heterocycles. The zero-order valence-electron chi connectivity index (χ0n) is 15.9. The first-order valence-corrected chi connectivity index (χ1v) is 9.61. The highest BCUT2D eigenvalue weighted by molar-refractivity contribution is 5.98. The van der Waals surface area contributed by atoms with Gasteiger partial charge in [-0.1, -0.05) is 12.6 Å². The van der Waals surface area contributed by atoms with Crippen molar-refractivity contribution in [3.8, 4) is 5.75 Å². The molecule has 1 aromatic rings. The van der Waals surface area contributed by atoms with Crippen molar-refractivity contribution in [3.05, 3.63) is 41.5 Å². The Balaban J connectivity index is 0.00000192. The van der Waals surface area contributed by atoms with Gasteiger partial charge in [0.25, 0.3) is 5.91 Å². The number of rotatable bonds is 3. The van der Waals surface area contributed by atoms with Crippen LogP contribution in [0.3, 0.4) is 0 Å². The van der Waals surface area contributed by atoms with E-state index in [0.717, 1.165) is 24.2 Å². The van der Waals surface area contributed by atoms with Crippen LogP contribution in [0.2, 0.25) is 0 Å². The molecular weight excluding hydrogens is 380 g/mol. The van der Waals surface area contributed by atoms with Gasteiger partial charge in [0.15, 0.2) is 11.9 Å². The van der Waals surface area contributed by atoms with E-state index in [0.29, 0.717) is 41.5 Å². The number of nitrogens with zero attached hydrogens (tertiary/aromatic N) is 1. The molecule has 1 amide bonds. The summed E-state index contributed by atoms with van der Waals surface area (Å²) in [6, 6.07) is 3.59. The lowest BCUT2D eigenvalue weighted by molar-refractivity contribution is -0.944. The fraction of sp³-hybridized carbons (Fsp3) is 0.524. The Bertz CT molecular complexity index is 918. The molecule has 150 valence electrons. The number of halogens is 1. The van der Waals surface area contributed by atoms with Gasteiger partial charge in [-0.25, -0.2) is 0 Å². The summed E-state index contributed by atoms with van der Waals surface area (Å²) in [4.78, 5) is 24.8. The Labute approximate surface area is 170 Å². The number of primary amides is 1. The average Bonchev–Trinajstić information content (AvgIpc) is 2.97. The van der Waals surface area contributed by atoms with Crippen molar-refractivity contribution in [3.63, 3.8) is 0 Å². The van der Waals surface area contributed by atoms with Gasteiger partial charge in [0, 0.05) is 24.8 Å². The molecule has 3 N–H and O–H groups in total. The summed E-state index contributed by atoms with van der Waals surface area (Å²) < 4.78 is 6.84. The lowest BCUT2D eigenvalue weighted by atomic mass is 9.48. The van der Waals surface area contributed by atoms with Crippen molar-refractivity contribution >= 4 is 11.7 Å². The predicted molar refractivity (Wildman–Crippen MR) is 98.5 cm³/mol. The molecule has 5 rings (SSSR count). The second kappa shape index (κ2) is 5.81. The van der Waals surface area contributed by atoms with Crippen LogP contribution in [0.15, 0.2) is 24.8 Å². The van der Waals surface area contributed by atoms with Crippen LogP contribution in [-0.2, 0) is 16.6 Å². The number of likely N-dealkylation sites (N-methyl/N-ethyl adjacent to an activating group) is 1. The molecule has 1 aromatic carbocycles. The van der Waals surface area contributed by atoms with Gasteiger partial charge in [-0.05, 0) is 24.1 Å². The van der Waals surface area contributed by atoms with Crippen LogP contribution in [0.1, 0.15) is 40.7 Å². The minimum Gasteiger partial charge on any atom is -1.00 e. The third kappa shape index (κ3) is 1.96. The SMILES string of the molecule is C=CC[N@+]1(C)CCC23c4c5ccc(C(N)=O)c4OC2C(=O)CC[C@@]3(O)C1C5.[Cl-]. The van der Waals surface area contributed by atoms with E-state index in [1.165, 1.54) is 0 Å². The molecule has 3 unspecified atom stereocenters. The number of ketones is 1. The summed E-state index contributed by atoms with van der Waals surface area (Å²) in [5.41, 5.74) is 5.98. The Hall–Kier alpha value is -1.89. The largest absolute Gasteiger partial charge is 1.00 e. The number of quaternary nitrogens is 1. The number of ether oxygens (including phenoxy) is 1. The summed E-state index contributed by atoms with van der Waals surface area (Å²) in [6.45, 7) is 5.51. The topological polar surface area (TPSA) is 89.6 Å².